The van der Waals surface area contributed by atoms with E-state index in [-0.39, 0.29) is 5.56 Å². The number of carboxylic acids is 1. The van der Waals surface area contributed by atoms with Gasteiger partial charge in [0.25, 0.3) is 0 Å². The van der Waals surface area contributed by atoms with Crippen molar-refractivity contribution >= 4 is 17.3 Å². The van der Waals surface area contributed by atoms with Gasteiger partial charge in [-0.05, 0) is 31.0 Å². The normalized spacial score (nSPS) is 16.2. The van der Waals surface area contributed by atoms with Crippen LogP contribution >= 0.6 is 0 Å². The van der Waals surface area contributed by atoms with Crippen molar-refractivity contribution in [1.29, 1.82) is 0 Å². The van der Waals surface area contributed by atoms with E-state index < -0.39 is 5.97 Å². The molecule has 2 rings (SSSR count). The minimum Gasteiger partial charge on any atom is -0.478 e. The molecule has 0 aliphatic heterocycles. The summed E-state index contributed by atoms with van der Waals surface area (Å²) in [4.78, 5) is 10.9. The third-order valence-electron chi connectivity index (χ3n) is 3.01. The highest BCUT2D eigenvalue weighted by Gasteiger charge is 2.15. The molecule has 1 aromatic carbocycles. The van der Waals surface area contributed by atoms with E-state index in [4.69, 9.17) is 10.8 Å². The summed E-state index contributed by atoms with van der Waals surface area (Å²) < 4.78 is 0. The second-order valence-electron chi connectivity index (χ2n) is 4.23. The van der Waals surface area contributed by atoms with Crippen LogP contribution in [0.15, 0.2) is 18.2 Å². The molecule has 4 nitrogen and oxygen atoms in total. The Morgan fingerprint density at radius 3 is 2.69 bits per heavy atom. The van der Waals surface area contributed by atoms with Crippen molar-refractivity contribution in [3.8, 4) is 0 Å². The van der Waals surface area contributed by atoms with Crippen LogP contribution in [0.1, 0.15) is 36.0 Å². The lowest BCUT2D eigenvalue weighted by Crippen LogP contribution is -2.15. The van der Waals surface area contributed by atoms with Gasteiger partial charge in [0, 0.05) is 17.4 Å². The molecule has 0 radical (unpaired) electrons. The van der Waals surface area contributed by atoms with Gasteiger partial charge in [0.1, 0.15) is 0 Å². The standard InChI is InChI=1S/C12H16N2O2/c13-11-6-5-9(7-10(11)12(15)16)14-8-3-1-2-4-8/h5-8,14H,1-4,13H2,(H,15,16). The summed E-state index contributed by atoms with van der Waals surface area (Å²) in [6.45, 7) is 0. The Labute approximate surface area is 94.5 Å². The lowest BCUT2D eigenvalue weighted by atomic mass is 10.1. The van der Waals surface area contributed by atoms with Gasteiger partial charge in [-0.15, -0.1) is 0 Å². The number of nitrogens with one attached hydrogen (secondary N) is 1. The van der Waals surface area contributed by atoms with Crippen molar-refractivity contribution in [2.45, 2.75) is 31.7 Å². The number of carboxylic acid groups (broad SMARTS) is 1. The summed E-state index contributed by atoms with van der Waals surface area (Å²) in [6.07, 6.45) is 4.82. The van der Waals surface area contributed by atoms with Crippen LogP contribution < -0.4 is 11.1 Å². The molecule has 4 N–H and O–H groups in total. The summed E-state index contributed by atoms with van der Waals surface area (Å²) in [5.74, 6) is -0.979. The molecule has 0 atom stereocenters. The third-order valence-corrected chi connectivity index (χ3v) is 3.01. The minimum absolute atomic E-state index is 0.169. The van der Waals surface area contributed by atoms with Gasteiger partial charge < -0.3 is 16.2 Å². The molecule has 1 fully saturated rings. The molecule has 0 saturated heterocycles. The topological polar surface area (TPSA) is 75.3 Å². The van der Waals surface area contributed by atoms with Crippen LogP contribution in [0.4, 0.5) is 11.4 Å². The fourth-order valence-corrected chi connectivity index (χ4v) is 2.14. The summed E-state index contributed by atoms with van der Waals surface area (Å²) in [6, 6.07) is 5.56. The third kappa shape index (κ3) is 2.27. The fourth-order valence-electron chi connectivity index (χ4n) is 2.14. The largest absolute Gasteiger partial charge is 0.478 e. The van der Waals surface area contributed by atoms with Crippen LogP contribution in [-0.2, 0) is 0 Å². The number of carbonyl (C=O) groups is 1. The van der Waals surface area contributed by atoms with E-state index in [1.807, 2.05) is 6.07 Å². The molecular formula is C12H16N2O2. The van der Waals surface area contributed by atoms with Gasteiger partial charge in [-0.25, -0.2) is 4.79 Å². The van der Waals surface area contributed by atoms with Crippen LogP contribution in [0.3, 0.4) is 0 Å². The van der Waals surface area contributed by atoms with Gasteiger partial charge in [-0.1, -0.05) is 12.8 Å². The highest BCUT2D eigenvalue weighted by Crippen LogP contribution is 2.24. The molecule has 16 heavy (non-hydrogen) atoms. The summed E-state index contributed by atoms with van der Waals surface area (Å²) >= 11 is 0. The number of benzene rings is 1. The number of hydrogen-bond donors (Lipinski definition) is 3. The van der Waals surface area contributed by atoms with Crippen molar-refractivity contribution in [3.63, 3.8) is 0 Å². The molecule has 1 aliphatic carbocycles. The van der Waals surface area contributed by atoms with Crippen molar-refractivity contribution < 1.29 is 9.90 Å². The number of aromatic carboxylic acids is 1. The van der Waals surface area contributed by atoms with Gasteiger partial charge in [0.2, 0.25) is 0 Å². The first-order valence-electron chi connectivity index (χ1n) is 5.56. The molecule has 1 aromatic rings. The molecule has 86 valence electrons. The molecule has 0 heterocycles. The molecule has 0 bridgehead atoms. The van der Waals surface area contributed by atoms with Crippen LogP contribution in [-0.4, -0.2) is 17.1 Å². The molecule has 0 unspecified atom stereocenters. The number of nitrogens with two attached hydrogens (primary N) is 1. The molecular weight excluding hydrogens is 204 g/mol. The van der Waals surface area contributed by atoms with Gasteiger partial charge >= 0.3 is 5.97 Å². The zero-order valence-electron chi connectivity index (χ0n) is 9.07. The quantitative estimate of drug-likeness (QED) is 0.683. The van der Waals surface area contributed by atoms with Gasteiger partial charge in [0.15, 0.2) is 0 Å². The maximum absolute atomic E-state index is 10.9. The molecule has 0 spiro atoms. The number of hydrogen-bond acceptors (Lipinski definition) is 3. The Morgan fingerprint density at radius 1 is 1.38 bits per heavy atom. The van der Waals surface area contributed by atoms with Crippen molar-refractivity contribution in [2.24, 2.45) is 0 Å². The van der Waals surface area contributed by atoms with Crippen LogP contribution in [0.2, 0.25) is 0 Å². The minimum atomic E-state index is -0.979. The first kappa shape index (κ1) is 10.8. The molecule has 0 aromatic heterocycles. The fraction of sp³-hybridized carbons (Fsp3) is 0.417. The Hall–Kier alpha value is -1.71. The average Bonchev–Trinajstić information content (AvgIpc) is 2.73. The lowest BCUT2D eigenvalue weighted by Gasteiger charge is -2.14. The number of anilines is 2. The summed E-state index contributed by atoms with van der Waals surface area (Å²) in [5, 5.41) is 12.3. The molecule has 1 saturated carbocycles. The predicted octanol–water partition coefficient (Wildman–Crippen LogP) is 2.32. The van der Waals surface area contributed by atoms with Crippen LogP contribution in [0.25, 0.3) is 0 Å². The van der Waals surface area contributed by atoms with Crippen LogP contribution in [0, 0.1) is 0 Å². The average molecular weight is 220 g/mol. The Bertz CT molecular complexity index is 398. The van der Waals surface area contributed by atoms with E-state index in [0.717, 1.165) is 18.5 Å². The molecule has 4 heteroatoms. The van der Waals surface area contributed by atoms with Crippen molar-refractivity contribution in [3.05, 3.63) is 23.8 Å². The predicted molar refractivity (Wildman–Crippen MR) is 63.7 cm³/mol. The van der Waals surface area contributed by atoms with Gasteiger partial charge in [-0.3, -0.25) is 0 Å². The zero-order valence-corrected chi connectivity index (χ0v) is 9.07. The highest BCUT2D eigenvalue weighted by atomic mass is 16.4. The van der Waals surface area contributed by atoms with E-state index in [1.165, 1.54) is 12.8 Å². The Kier molecular flexibility index (Phi) is 2.99. The zero-order chi connectivity index (χ0) is 11.5. The number of nitrogen functional groups attached to an aromatic ring is 1. The molecule has 1 aliphatic rings. The summed E-state index contributed by atoms with van der Waals surface area (Å²) in [5.41, 5.74) is 6.91. The maximum atomic E-state index is 10.9. The Morgan fingerprint density at radius 2 is 2.06 bits per heavy atom. The maximum Gasteiger partial charge on any atom is 0.337 e. The molecule has 0 amide bonds. The van der Waals surface area contributed by atoms with Gasteiger partial charge in [-0.2, -0.15) is 0 Å². The van der Waals surface area contributed by atoms with E-state index in [2.05, 4.69) is 5.32 Å². The van der Waals surface area contributed by atoms with E-state index in [1.54, 1.807) is 12.1 Å². The second-order valence-corrected chi connectivity index (χ2v) is 4.23. The van der Waals surface area contributed by atoms with E-state index in [9.17, 15) is 4.79 Å². The first-order chi connectivity index (χ1) is 7.66. The van der Waals surface area contributed by atoms with E-state index in [0.29, 0.717) is 11.7 Å². The lowest BCUT2D eigenvalue weighted by molar-refractivity contribution is 0.0698. The van der Waals surface area contributed by atoms with Crippen molar-refractivity contribution in [1.82, 2.24) is 0 Å². The number of rotatable bonds is 3. The Balaban J connectivity index is 2.15. The summed E-state index contributed by atoms with van der Waals surface area (Å²) in [7, 11) is 0. The smallest absolute Gasteiger partial charge is 0.337 e. The van der Waals surface area contributed by atoms with Crippen molar-refractivity contribution in [2.75, 3.05) is 11.1 Å². The highest BCUT2D eigenvalue weighted by molar-refractivity contribution is 5.94. The van der Waals surface area contributed by atoms with Crippen LogP contribution in [0.5, 0.6) is 0 Å². The second kappa shape index (κ2) is 4.43. The first-order valence-corrected chi connectivity index (χ1v) is 5.56. The SMILES string of the molecule is Nc1ccc(NC2CCCC2)cc1C(=O)O. The van der Waals surface area contributed by atoms with E-state index >= 15 is 0 Å². The monoisotopic (exact) mass is 220 g/mol. The van der Waals surface area contributed by atoms with Gasteiger partial charge in [0.05, 0.1) is 5.56 Å².